The number of aromatic hydroxyl groups is 1. The number of carbonyl (C=O) groups excluding carboxylic acids is 1. The van der Waals surface area contributed by atoms with E-state index in [2.05, 4.69) is 10.3 Å². The van der Waals surface area contributed by atoms with Gasteiger partial charge in [0.1, 0.15) is 30.2 Å². The second-order valence-corrected chi connectivity index (χ2v) is 10.3. The number of para-hydroxylation sites is 1. The number of rotatable bonds is 10. The normalized spacial score (nSPS) is 11.2. The van der Waals surface area contributed by atoms with Gasteiger partial charge in [0.25, 0.3) is 0 Å². The largest absolute Gasteiger partial charge is 0.507 e. The van der Waals surface area contributed by atoms with Crippen LogP contribution < -0.4 is 14.8 Å². The summed E-state index contributed by atoms with van der Waals surface area (Å²) in [6.07, 6.45) is 4.85. The van der Waals surface area contributed by atoms with Crippen molar-refractivity contribution in [2.24, 2.45) is 0 Å². The number of imidazole rings is 1. The van der Waals surface area contributed by atoms with Crippen LogP contribution in [0, 0.1) is 0 Å². The van der Waals surface area contributed by atoms with Gasteiger partial charge in [0.2, 0.25) is 0 Å². The van der Waals surface area contributed by atoms with E-state index >= 15 is 0 Å². The number of nitrogens with zero attached hydrogens (tertiary/aromatic N) is 2. The summed E-state index contributed by atoms with van der Waals surface area (Å²) in [7, 11) is -3.40. The van der Waals surface area contributed by atoms with Crippen molar-refractivity contribution in [1.29, 1.82) is 0 Å². The predicted octanol–water partition coefficient (Wildman–Crippen LogP) is 4.27. The van der Waals surface area contributed by atoms with Crippen molar-refractivity contribution in [2.45, 2.75) is 17.9 Å². The third-order valence-electron chi connectivity index (χ3n) is 5.46. The zero-order valence-electron chi connectivity index (χ0n) is 20.2. The lowest BCUT2D eigenvalue weighted by molar-refractivity contribution is 0.240. The number of ether oxygens (including phenoxy) is 2. The first-order valence-electron chi connectivity index (χ1n) is 11.5. The van der Waals surface area contributed by atoms with Crippen molar-refractivity contribution in [3.63, 3.8) is 0 Å². The first-order chi connectivity index (χ1) is 17.8. The molecule has 0 aliphatic heterocycles. The molecule has 0 spiro atoms. The van der Waals surface area contributed by atoms with Crippen LogP contribution in [0.15, 0.2) is 90.2 Å². The van der Waals surface area contributed by atoms with Crippen LogP contribution in [0.5, 0.6) is 17.2 Å². The molecule has 3 aromatic carbocycles. The Morgan fingerprint density at radius 2 is 1.73 bits per heavy atom. The first-order valence-corrected chi connectivity index (χ1v) is 13.4. The van der Waals surface area contributed by atoms with Crippen LogP contribution in [0.25, 0.3) is 11.3 Å². The van der Waals surface area contributed by atoms with Crippen molar-refractivity contribution >= 4 is 15.9 Å². The Balaban J connectivity index is 1.26. The van der Waals surface area contributed by atoms with Crippen LogP contribution in [0.2, 0.25) is 0 Å². The lowest BCUT2D eigenvalue weighted by Crippen LogP contribution is -2.29. The Labute approximate surface area is 215 Å². The number of hydrogen-bond donors (Lipinski definition) is 2. The highest BCUT2D eigenvalue weighted by Gasteiger charge is 2.12. The molecule has 10 heteroatoms. The SMILES string of the molecule is CS(=O)(=O)c1ccc(COc2ccc(-c3cn(C(=O)NCCCOc4ccccc4)cn3)cc2)c(O)c1. The third-order valence-corrected chi connectivity index (χ3v) is 6.57. The summed E-state index contributed by atoms with van der Waals surface area (Å²) in [5, 5.41) is 12.9. The predicted molar refractivity (Wildman–Crippen MR) is 139 cm³/mol. The summed E-state index contributed by atoms with van der Waals surface area (Å²) in [4.78, 5) is 16.8. The number of amides is 1. The molecule has 0 aliphatic rings. The molecule has 4 rings (SSSR count). The number of phenols is 1. The Kier molecular flexibility index (Phi) is 8.09. The highest BCUT2D eigenvalue weighted by Crippen LogP contribution is 2.25. The number of aromatic nitrogens is 2. The molecule has 0 atom stereocenters. The summed E-state index contributed by atoms with van der Waals surface area (Å²) in [6.45, 7) is 1.04. The molecule has 2 N–H and O–H groups in total. The van der Waals surface area contributed by atoms with Gasteiger partial charge in [0.15, 0.2) is 9.84 Å². The van der Waals surface area contributed by atoms with Crippen molar-refractivity contribution < 1.29 is 27.8 Å². The summed E-state index contributed by atoms with van der Waals surface area (Å²) in [6, 6.07) is 20.5. The van der Waals surface area contributed by atoms with Crippen molar-refractivity contribution in [3.8, 4) is 28.5 Å². The smallest absolute Gasteiger partial charge is 0.326 e. The van der Waals surface area contributed by atoms with Crippen LogP contribution in [0.4, 0.5) is 4.79 Å². The summed E-state index contributed by atoms with van der Waals surface area (Å²) >= 11 is 0. The number of nitrogens with one attached hydrogen (secondary N) is 1. The van der Waals surface area contributed by atoms with Gasteiger partial charge in [-0.15, -0.1) is 0 Å². The molecule has 0 radical (unpaired) electrons. The quantitative estimate of drug-likeness (QED) is 0.299. The van der Waals surface area contributed by atoms with Crippen LogP contribution >= 0.6 is 0 Å². The van der Waals surface area contributed by atoms with E-state index in [0.717, 1.165) is 17.6 Å². The van der Waals surface area contributed by atoms with E-state index in [0.29, 0.717) is 36.6 Å². The lowest BCUT2D eigenvalue weighted by atomic mass is 10.1. The van der Waals surface area contributed by atoms with E-state index in [-0.39, 0.29) is 23.3 Å². The van der Waals surface area contributed by atoms with Gasteiger partial charge >= 0.3 is 6.03 Å². The fourth-order valence-corrected chi connectivity index (χ4v) is 4.07. The standard InChI is InChI=1S/C27H27N3O6S/c1-37(33,34)24-13-10-21(26(31)16-24)18-36-23-11-8-20(9-12-23)25-17-30(19-29-25)27(32)28-14-5-15-35-22-6-3-2-4-7-22/h2-4,6-13,16-17,19,31H,5,14-15,18H2,1H3,(H,28,32). The van der Waals surface area contributed by atoms with Crippen molar-refractivity contribution in [1.82, 2.24) is 14.9 Å². The molecule has 1 aromatic heterocycles. The number of carbonyl (C=O) groups is 1. The summed E-state index contributed by atoms with van der Waals surface area (Å²) < 4.78 is 35.9. The molecular formula is C27H27N3O6S. The maximum atomic E-state index is 12.4. The Hall–Kier alpha value is -4.31. The van der Waals surface area contributed by atoms with E-state index in [9.17, 15) is 18.3 Å². The summed E-state index contributed by atoms with van der Waals surface area (Å²) in [5.74, 6) is 1.21. The van der Waals surface area contributed by atoms with E-state index in [1.165, 1.54) is 29.1 Å². The highest BCUT2D eigenvalue weighted by molar-refractivity contribution is 7.90. The number of benzene rings is 3. The van der Waals surface area contributed by atoms with Gasteiger partial charge in [-0.1, -0.05) is 24.3 Å². The maximum absolute atomic E-state index is 12.4. The highest BCUT2D eigenvalue weighted by atomic mass is 32.2. The van der Waals surface area contributed by atoms with E-state index < -0.39 is 9.84 Å². The maximum Gasteiger partial charge on any atom is 0.326 e. The zero-order chi connectivity index (χ0) is 26.3. The Morgan fingerprint density at radius 1 is 1.00 bits per heavy atom. The van der Waals surface area contributed by atoms with Crippen LogP contribution in [-0.4, -0.2) is 48.5 Å². The van der Waals surface area contributed by atoms with Crippen LogP contribution in [0.3, 0.4) is 0 Å². The number of hydrogen-bond acceptors (Lipinski definition) is 7. The molecule has 192 valence electrons. The van der Waals surface area contributed by atoms with Crippen LogP contribution in [0.1, 0.15) is 12.0 Å². The molecule has 0 fully saturated rings. The molecule has 37 heavy (non-hydrogen) atoms. The molecule has 9 nitrogen and oxygen atoms in total. The topological polar surface area (TPSA) is 120 Å². The Morgan fingerprint density at radius 3 is 2.43 bits per heavy atom. The molecule has 1 amide bonds. The molecule has 0 saturated carbocycles. The van der Waals surface area contributed by atoms with Gasteiger partial charge in [-0.25, -0.2) is 18.2 Å². The number of sulfone groups is 1. The fourth-order valence-electron chi connectivity index (χ4n) is 3.43. The molecule has 4 aromatic rings. The second-order valence-electron chi connectivity index (χ2n) is 8.29. The zero-order valence-corrected chi connectivity index (χ0v) is 21.0. The van der Waals surface area contributed by atoms with Crippen molar-refractivity contribution in [3.05, 3.63) is 90.9 Å². The van der Waals surface area contributed by atoms with Gasteiger partial charge in [-0.05, 0) is 55.0 Å². The minimum atomic E-state index is -3.40. The van der Waals surface area contributed by atoms with Gasteiger partial charge in [-0.3, -0.25) is 4.57 Å². The molecule has 0 aliphatic carbocycles. The molecule has 1 heterocycles. The number of phenolic OH excluding ortho intramolecular Hbond substituents is 1. The third kappa shape index (κ3) is 7.11. The Bertz CT molecular complexity index is 1450. The second kappa shape index (κ2) is 11.6. The van der Waals surface area contributed by atoms with Crippen molar-refractivity contribution in [2.75, 3.05) is 19.4 Å². The lowest BCUT2D eigenvalue weighted by Gasteiger charge is -2.09. The molecule has 0 unspecified atom stereocenters. The van der Waals surface area contributed by atoms with E-state index in [1.54, 1.807) is 18.3 Å². The minimum absolute atomic E-state index is 0.0447. The van der Waals surface area contributed by atoms with Gasteiger partial charge in [0.05, 0.1) is 17.2 Å². The fraction of sp³-hybridized carbons (Fsp3) is 0.185. The van der Waals surface area contributed by atoms with Crippen LogP contribution in [-0.2, 0) is 16.4 Å². The molecular weight excluding hydrogens is 494 g/mol. The summed E-state index contributed by atoms with van der Waals surface area (Å²) in [5.41, 5.74) is 1.89. The minimum Gasteiger partial charge on any atom is -0.507 e. The van der Waals surface area contributed by atoms with E-state index in [1.807, 2.05) is 42.5 Å². The average Bonchev–Trinajstić information content (AvgIpc) is 3.39. The molecule has 0 saturated heterocycles. The first kappa shape index (κ1) is 25.8. The average molecular weight is 522 g/mol. The monoisotopic (exact) mass is 521 g/mol. The van der Waals surface area contributed by atoms with Gasteiger partial charge < -0.3 is 19.9 Å². The van der Waals surface area contributed by atoms with Gasteiger partial charge in [0, 0.05) is 30.1 Å². The molecule has 0 bridgehead atoms. The van der Waals surface area contributed by atoms with E-state index in [4.69, 9.17) is 9.47 Å². The van der Waals surface area contributed by atoms with Gasteiger partial charge in [-0.2, -0.15) is 0 Å².